The molecule has 0 saturated carbocycles. The van der Waals surface area contributed by atoms with Gasteiger partial charge in [0.2, 0.25) is 0 Å². The normalized spacial score (nSPS) is 27.0. The van der Waals surface area contributed by atoms with Crippen molar-refractivity contribution < 1.29 is 5.11 Å². The summed E-state index contributed by atoms with van der Waals surface area (Å²) >= 11 is 5.32. The van der Waals surface area contributed by atoms with Crippen molar-refractivity contribution >= 4 is 11.8 Å². The summed E-state index contributed by atoms with van der Waals surface area (Å²) in [5, 5.41) is 8.49. The molecule has 0 radical (unpaired) electrons. The zero-order chi connectivity index (χ0) is 4.57. The van der Waals surface area contributed by atoms with Crippen LogP contribution in [0.3, 0.4) is 0 Å². The van der Waals surface area contributed by atoms with E-state index in [0.29, 0.717) is 13.1 Å². The molecule has 0 bridgehead atoms. The SMILES string of the molecule is OC1CN(Cl)C1. The first-order chi connectivity index (χ1) is 2.79. The van der Waals surface area contributed by atoms with Gasteiger partial charge in [-0.2, -0.15) is 0 Å². The molecule has 36 valence electrons. The van der Waals surface area contributed by atoms with Crippen molar-refractivity contribution in [2.75, 3.05) is 13.1 Å². The summed E-state index contributed by atoms with van der Waals surface area (Å²) in [4.78, 5) is 0. The monoisotopic (exact) mass is 107 g/mol. The average Bonchev–Trinajstić information content (AvgIpc) is 1.33. The second-order valence-electron chi connectivity index (χ2n) is 1.48. The van der Waals surface area contributed by atoms with Crippen molar-refractivity contribution in [2.24, 2.45) is 0 Å². The van der Waals surface area contributed by atoms with Gasteiger partial charge in [0.15, 0.2) is 0 Å². The second kappa shape index (κ2) is 1.37. The Morgan fingerprint density at radius 3 is 2.17 bits per heavy atom. The van der Waals surface area contributed by atoms with Crippen LogP contribution in [0.1, 0.15) is 0 Å². The molecule has 1 aliphatic rings. The summed E-state index contributed by atoms with van der Waals surface area (Å²) in [6, 6.07) is 0. The maximum absolute atomic E-state index is 8.49. The Morgan fingerprint density at radius 1 is 1.67 bits per heavy atom. The Hall–Kier alpha value is 0.210. The van der Waals surface area contributed by atoms with Crippen LogP contribution in [0.5, 0.6) is 0 Å². The number of rotatable bonds is 0. The molecule has 0 unspecified atom stereocenters. The molecule has 1 saturated heterocycles. The van der Waals surface area contributed by atoms with E-state index in [4.69, 9.17) is 16.9 Å². The van der Waals surface area contributed by atoms with Gasteiger partial charge in [-0.1, -0.05) is 0 Å². The van der Waals surface area contributed by atoms with Crippen LogP contribution >= 0.6 is 11.8 Å². The fraction of sp³-hybridized carbons (Fsp3) is 1.00. The first-order valence-electron chi connectivity index (χ1n) is 1.88. The average molecular weight is 108 g/mol. The van der Waals surface area contributed by atoms with Crippen molar-refractivity contribution in [1.82, 2.24) is 4.42 Å². The van der Waals surface area contributed by atoms with Crippen molar-refractivity contribution in [1.29, 1.82) is 0 Å². The van der Waals surface area contributed by atoms with Gasteiger partial charge < -0.3 is 5.11 Å². The zero-order valence-corrected chi connectivity index (χ0v) is 4.02. The van der Waals surface area contributed by atoms with Crippen LogP contribution in [0.2, 0.25) is 0 Å². The van der Waals surface area contributed by atoms with E-state index >= 15 is 0 Å². The highest BCUT2D eigenvalue weighted by molar-refractivity contribution is 6.13. The molecular weight excluding hydrogens is 101 g/mol. The Kier molecular flexibility index (Phi) is 0.998. The van der Waals surface area contributed by atoms with Crippen LogP contribution in [-0.4, -0.2) is 28.7 Å². The third-order valence-corrected chi connectivity index (χ3v) is 1.09. The molecule has 1 fully saturated rings. The Labute approximate surface area is 41.4 Å². The Balaban J connectivity index is 2.11. The first kappa shape index (κ1) is 4.37. The first-order valence-corrected chi connectivity index (χ1v) is 2.21. The van der Waals surface area contributed by atoms with E-state index in [1.165, 1.54) is 0 Å². The van der Waals surface area contributed by atoms with Gasteiger partial charge in [-0.25, -0.2) is 4.42 Å². The summed E-state index contributed by atoms with van der Waals surface area (Å²) < 4.78 is 1.55. The number of nitrogens with zero attached hydrogens (tertiary/aromatic N) is 1. The molecule has 0 aromatic heterocycles. The molecule has 0 spiro atoms. The molecule has 3 heteroatoms. The number of hydrogen-bond donors (Lipinski definition) is 1. The van der Waals surface area contributed by atoms with Crippen LogP contribution < -0.4 is 0 Å². The van der Waals surface area contributed by atoms with Gasteiger partial charge in [0.05, 0.1) is 6.10 Å². The highest BCUT2D eigenvalue weighted by Gasteiger charge is 2.21. The molecule has 2 nitrogen and oxygen atoms in total. The van der Waals surface area contributed by atoms with Crippen LogP contribution in [0.4, 0.5) is 0 Å². The van der Waals surface area contributed by atoms with Crippen LogP contribution in [0, 0.1) is 0 Å². The van der Waals surface area contributed by atoms with E-state index < -0.39 is 0 Å². The van der Waals surface area contributed by atoms with Crippen molar-refractivity contribution in [2.45, 2.75) is 6.10 Å². The van der Waals surface area contributed by atoms with Gasteiger partial charge in [0, 0.05) is 13.1 Å². The Morgan fingerprint density at radius 2 is 2.17 bits per heavy atom. The largest absolute Gasteiger partial charge is 0.390 e. The third-order valence-electron chi connectivity index (χ3n) is 0.818. The lowest BCUT2D eigenvalue weighted by Gasteiger charge is -2.28. The molecule has 0 aromatic rings. The van der Waals surface area contributed by atoms with E-state index in [2.05, 4.69) is 0 Å². The molecule has 0 amide bonds. The molecular formula is C3H6ClNO. The quantitative estimate of drug-likeness (QED) is 0.434. The van der Waals surface area contributed by atoms with E-state index in [1.807, 2.05) is 0 Å². The number of hydrogen-bond acceptors (Lipinski definition) is 2. The fourth-order valence-electron chi connectivity index (χ4n) is 0.404. The molecule has 6 heavy (non-hydrogen) atoms. The number of β-amino-alcohol motifs (C(OH)–C–C–N with tert-alkyl or cyclic N) is 1. The molecule has 1 N–H and O–H groups in total. The van der Waals surface area contributed by atoms with Crippen LogP contribution in [0.15, 0.2) is 0 Å². The third kappa shape index (κ3) is 0.644. The maximum Gasteiger partial charge on any atom is 0.0820 e. The Bertz CT molecular complexity index is 46.8. The second-order valence-corrected chi connectivity index (χ2v) is 1.96. The molecule has 1 aliphatic heterocycles. The van der Waals surface area contributed by atoms with Crippen molar-refractivity contribution in [3.8, 4) is 0 Å². The number of halogens is 1. The molecule has 0 aromatic carbocycles. The standard InChI is InChI=1S/C3H6ClNO/c4-5-1-3(6)2-5/h3,6H,1-2H2. The molecule has 0 atom stereocenters. The highest BCUT2D eigenvalue weighted by Crippen LogP contribution is 2.08. The van der Waals surface area contributed by atoms with Gasteiger partial charge in [-0.3, -0.25) is 0 Å². The van der Waals surface area contributed by atoms with Crippen LogP contribution in [0.25, 0.3) is 0 Å². The summed E-state index contributed by atoms with van der Waals surface area (Å²) in [5.41, 5.74) is 0. The summed E-state index contributed by atoms with van der Waals surface area (Å²) in [6.07, 6.45) is -0.164. The number of aliphatic hydroxyl groups excluding tert-OH is 1. The van der Waals surface area contributed by atoms with E-state index in [9.17, 15) is 0 Å². The smallest absolute Gasteiger partial charge is 0.0820 e. The summed E-state index contributed by atoms with van der Waals surface area (Å²) in [5.74, 6) is 0. The van der Waals surface area contributed by atoms with Crippen LogP contribution in [-0.2, 0) is 0 Å². The van der Waals surface area contributed by atoms with Crippen molar-refractivity contribution in [3.05, 3.63) is 0 Å². The lowest BCUT2D eigenvalue weighted by atomic mass is 10.2. The van der Waals surface area contributed by atoms with Gasteiger partial charge in [0.1, 0.15) is 0 Å². The fourth-order valence-corrected chi connectivity index (χ4v) is 0.723. The molecule has 1 rings (SSSR count). The van der Waals surface area contributed by atoms with Gasteiger partial charge in [0.25, 0.3) is 0 Å². The van der Waals surface area contributed by atoms with E-state index in [1.54, 1.807) is 4.42 Å². The molecule has 0 aliphatic carbocycles. The predicted octanol–water partition coefficient (Wildman–Crippen LogP) is -0.183. The van der Waals surface area contributed by atoms with Gasteiger partial charge >= 0.3 is 0 Å². The minimum absolute atomic E-state index is 0.164. The van der Waals surface area contributed by atoms with Gasteiger partial charge in [-0.05, 0) is 11.8 Å². The van der Waals surface area contributed by atoms with E-state index in [0.717, 1.165) is 0 Å². The summed E-state index contributed by atoms with van der Waals surface area (Å²) in [7, 11) is 0. The number of aliphatic hydroxyl groups is 1. The lowest BCUT2D eigenvalue weighted by Crippen LogP contribution is -2.44. The summed E-state index contributed by atoms with van der Waals surface area (Å²) in [6.45, 7) is 1.25. The zero-order valence-electron chi connectivity index (χ0n) is 3.26. The maximum atomic E-state index is 8.49. The van der Waals surface area contributed by atoms with E-state index in [-0.39, 0.29) is 6.10 Å². The highest BCUT2D eigenvalue weighted by atomic mass is 35.5. The van der Waals surface area contributed by atoms with Gasteiger partial charge in [-0.15, -0.1) is 0 Å². The minimum Gasteiger partial charge on any atom is -0.390 e. The van der Waals surface area contributed by atoms with Crippen molar-refractivity contribution in [3.63, 3.8) is 0 Å². The lowest BCUT2D eigenvalue weighted by molar-refractivity contribution is 0.0566. The topological polar surface area (TPSA) is 23.5 Å². The minimum atomic E-state index is -0.164. The molecule has 1 heterocycles. The predicted molar refractivity (Wildman–Crippen MR) is 23.4 cm³/mol.